The van der Waals surface area contributed by atoms with E-state index in [1.54, 1.807) is 6.07 Å². The van der Waals surface area contributed by atoms with Gasteiger partial charge in [-0.3, -0.25) is 9.69 Å². The molecule has 24 heavy (non-hydrogen) atoms. The molecule has 5 nitrogen and oxygen atoms in total. The number of aromatic nitrogens is 1. The maximum atomic E-state index is 11.0. The Kier molecular flexibility index (Phi) is 5.27. The van der Waals surface area contributed by atoms with Crippen LogP contribution in [-0.4, -0.2) is 34.0 Å². The molecule has 0 amide bonds. The van der Waals surface area contributed by atoms with E-state index in [0.29, 0.717) is 30.3 Å². The third-order valence-electron chi connectivity index (χ3n) is 4.38. The molecule has 0 aliphatic carbocycles. The standard InChI is InChI=1S/C17H18BrClN2O3/c1-10-14(9-21-7-5-11(6-8-21)17(22)23)20-16(24-10)15-12(18)3-2-4-13(15)19/h2-4,11H,5-9H2,1H3,(H,22,23). The van der Waals surface area contributed by atoms with Crippen LogP contribution < -0.4 is 0 Å². The second-order valence-corrected chi connectivity index (χ2v) is 7.27. The van der Waals surface area contributed by atoms with Crippen LogP contribution in [0.25, 0.3) is 11.5 Å². The molecule has 0 bridgehead atoms. The summed E-state index contributed by atoms with van der Waals surface area (Å²) in [6.07, 6.45) is 1.35. The van der Waals surface area contributed by atoms with Crippen molar-refractivity contribution in [2.24, 2.45) is 5.92 Å². The number of piperidine rings is 1. The van der Waals surface area contributed by atoms with Crippen LogP contribution in [0.3, 0.4) is 0 Å². The Labute approximate surface area is 153 Å². The summed E-state index contributed by atoms with van der Waals surface area (Å²) in [5.41, 5.74) is 1.61. The highest BCUT2D eigenvalue weighted by molar-refractivity contribution is 9.10. The summed E-state index contributed by atoms with van der Waals surface area (Å²) in [6.45, 7) is 4.06. The maximum Gasteiger partial charge on any atom is 0.306 e. The molecule has 1 aromatic carbocycles. The number of benzene rings is 1. The minimum atomic E-state index is -0.696. The van der Waals surface area contributed by atoms with Gasteiger partial charge in [0, 0.05) is 11.0 Å². The molecule has 1 aliphatic rings. The summed E-state index contributed by atoms with van der Waals surface area (Å²) >= 11 is 9.75. The van der Waals surface area contributed by atoms with Crippen molar-refractivity contribution in [2.75, 3.05) is 13.1 Å². The number of hydrogen-bond acceptors (Lipinski definition) is 4. The van der Waals surface area contributed by atoms with Crippen molar-refractivity contribution in [1.29, 1.82) is 0 Å². The topological polar surface area (TPSA) is 66.6 Å². The quantitative estimate of drug-likeness (QED) is 0.806. The van der Waals surface area contributed by atoms with Gasteiger partial charge in [0.25, 0.3) is 0 Å². The minimum Gasteiger partial charge on any atom is -0.481 e. The van der Waals surface area contributed by atoms with E-state index in [-0.39, 0.29) is 5.92 Å². The van der Waals surface area contributed by atoms with Gasteiger partial charge in [0.15, 0.2) is 0 Å². The van der Waals surface area contributed by atoms with E-state index in [1.165, 1.54) is 0 Å². The summed E-state index contributed by atoms with van der Waals surface area (Å²) in [7, 11) is 0. The molecular formula is C17H18BrClN2O3. The minimum absolute atomic E-state index is 0.228. The zero-order chi connectivity index (χ0) is 17.3. The molecule has 1 fully saturated rings. The molecule has 0 radical (unpaired) electrons. The Morgan fingerprint density at radius 2 is 2.17 bits per heavy atom. The van der Waals surface area contributed by atoms with Crippen LogP contribution >= 0.6 is 27.5 Å². The molecule has 7 heteroatoms. The number of rotatable bonds is 4. The number of oxazole rings is 1. The van der Waals surface area contributed by atoms with E-state index >= 15 is 0 Å². The van der Waals surface area contributed by atoms with E-state index < -0.39 is 5.97 Å². The van der Waals surface area contributed by atoms with Gasteiger partial charge in [-0.05, 0) is 60.9 Å². The Morgan fingerprint density at radius 1 is 1.46 bits per heavy atom. The van der Waals surface area contributed by atoms with Crippen molar-refractivity contribution >= 4 is 33.5 Å². The van der Waals surface area contributed by atoms with E-state index in [4.69, 9.17) is 21.1 Å². The normalized spacial score (nSPS) is 16.5. The monoisotopic (exact) mass is 412 g/mol. The second kappa shape index (κ2) is 7.25. The summed E-state index contributed by atoms with van der Waals surface area (Å²) in [5, 5.41) is 9.66. The van der Waals surface area contributed by atoms with Gasteiger partial charge >= 0.3 is 5.97 Å². The predicted octanol–water partition coefficient (Wildman–Crippen LogP) is 4.36. The van der Waals surface area contributed by atoms with E-state index in [0.717, 1.165) is 34.6 Å². The first-order valence-corrected chi connectivity index (χ1v) is 8.98. The van der Waals surface area contributed by atoms with Crippen molar-refractivity contribution < 1.29 is 14.3 Å². The van der Waals surface area contributed by atoms with Crippen LogP contribution in [0.2, 0.25) is 5.02 Å². The Bertz CT molecular complexity index is 734. The van der Waals surface area contributed by atoms with Gasteiger partial charge in [-0.25, -0.2) is 4.98 Å². The van der Waals surface area contributed by atoms with Crippen LogP contribution in [0.1, 0.15) is 24.3 Å². The third kappa shape index (κ3) is 3.66. The van der Waals surface area contributed by atoms with Gasteiger partial charge in [0.2, 0.25) is 5.89 Å². The molecule has 1 saturated heterocycles. The van der Waals surface area contributed by atoms with Crippen molar-refractivity contribution in [2.45, 2.75) is 26.3 Å². The van der Waals surface area contributed by atoms with Crippen LogP contribution in [0.5, 0.6) is 0 Å². The first kappa shape index (κ1) is 17.5. The first-order chi connectivity index (χ1) is 11.5. The summed E-state index contributed by atoms with van der Waals surface area (Å²) in [6, 6.07) is 5.56. The van der Waals surface area contributed by atoms with E-state index in [9.17, 15) is 4.79 Å². The molecule has 0 saturated carbocycles. The molecule has 1 N–H and O–H groups in total. The van der Waals surface area contributed by atoms with Gasteiger partial charge in [-0.2, -0.15) is 0 Å². The lowest BCUT2D eigenvalue weighted by atomic mass is 9.97. The average molecular weight is 414 g/mol. The number of carboxylic acids is 1. The number of carbonyl (C=O) groups is 1. The van der Waals surface area contributed by atoms with Crippen molar-refractivity contribution in [3.05, 3.63) is 39.1 Å². The SMILES string of the molecule is Cc1oc(-c2c(Cl)cccc2Br)nc1CN1CCC(C(=O)O)CC1. The number of hydrogen-bond donors (Lipinski definition) is 1. The van der Waals surface area contributed by atoms with Crippen molar-refractivity contribution in [1.82, 2.24) is 9.88 Å². The summed E-state index contributed by atoms with van der Waals surface area (Å²) in [4.78, 5) is 17.9. The zero-order valence-electron chi connectivity index (χ0n) is 13.3. The number of halogens is 2. The zero-order valence-corrected chi connectivity index (χ0v) is 15.6. The van der Waals surface area contributed by atoms with Crippen molar-refractivity contribution in [3.63, 3.8) is 0 Å². The lowest BCUT2D eigenvalue weighted by Gasteiger charge is -2.29. The fourth-order valence-corrected chi connectivity index (χ4v) is 3.84. The molecule has 3 rings (SSSR count). The number of aryl methyl sites for hydroxylation is 1. The van der Waals surface area contributed by atoms with Gasteiger partial charge < -0.3 is 9.52 Å². The molecule has 0 atom stereocenters. The molecule has 1 aromatic heterocycles. The van der Waals surface area contributed by atoms with E-state index in [2.05, 4.69) is 25.8 Å². The van der Waals surface area contributed by atoms with Gasteiger partial charge in [-0.15, -0.1) is 0 Å². The lowest BCUT2D eigenvalue weighted by Crippen LogP contribution is -2.36. The number of carboxylic acid groups (broad SMARTS) is 1. The van der Waals surface area contributed by atoms with Crippen molar-refractivity contribution in [3.8, 4) is 11.5 Å². The summed E-state index contributed by atoms with van der Waals surface area (Å²) < 4.78 is 6.65. The summed E-state index contributed by atoms with van der Waals surface area (Å²) in [5.74, 6) is 0.338. The largest absolute Gasteiger partial charge is 0.481 e. The first-order valence-electron chi connectivity index (χ1n) is 7.81. The van der Waals surface area contributed by atoms with Gasteiger partial charge in [0.1, 0.15) is 5.76 Å². The average Bonchev–Trinajstić information content (AvgIpc) is 2.88. The highest BCUT2D eigenvalue weighted by atomic mass is 79.9. The van der Waals surface area contributed by atoms with Crippen LogP contribution in [0, 0.1) is 12.8 Å². The molecule has 0 unspecified atom stereocenters. The molecular weight excluding hydrogens is 396 g/mol. The molecule has 2 heterocycles. The van der Waals surface area contributed by atoms with Crippen LogP contribution in [0.4, 0.5) is 0 Å². The smallest absolute Gasteiger partial charge is 0.306 e. The highest BCUT2D eigenvalue weighted by Crippen LogP contribution is 2.35. The highest BCUT2D eigenvalue weighted by Gasteiger charge is 2.26. The molecule has 1 aliphatic heterocycles. The lowest BCUT2D eigenvalue weighted by molar-refractivity contribution is -0.143. The number of likely N-dealkylation sites (tertiary alicyclic amines) is 1. The molecule has 128 valence electrons. The Morgan fingerprint density at radius 3 is 2.79 bits per heavy atom. The van der Waals surface area contributed by atoms with Gasteiger partial charge in [0.05, 0.1) is 22.2 Å². The van der Waals surface area contributed by atoms with E-state index in [1.807, 2.05) is 19.1 Å². The molecule has 2 aromatic rings. The maximum absolute atomic E-state index is 11.0. The van der Waals surface area contributed by atoms with Gasteiger partial charge in [-0.1, -0.05) is 17.7 Å². The number of nitrogens with zero attached hydrogens (tertiary/aromatic N) is 2. The fourth-order valence-electron chi connectivity index (χ4n) is 2.93. The Hall–Kier alpha value is -1.37. The Balaban J connectivity index is 1.75. The van der Waals surface area contributed by atoms with Crippen LogP contribution in [0.15, 0.2) is 27.1 Å². The predicted molar refractivity (Wildman–Crippen MR) is 95.0 cm³/mol. The third-order valence-corrected chi connectivity index (χ3v) is 5.36. The molecule has 0 spiro atoms. The second-order valence-electron chi connectivity index (χ2n) is 6.01. The number of aliphatic carboxylic acids is 1. The van der Waals surface area contributed by atoms with Crippen LogP contribution in [-0.2, 0) is 11.3 Å². The fraction of sp³-hybridized carbons (Fsp3) is 0.412.